The summed E-state index contributed by atoms with van der Waals surface area (Å²) in [5, 5.41) is 3.21. The molecule has 2 heterocycles. The standard InChI is InChI=1S/C17H17ClN2O4/c1-22-15-3-2-12(9-14(15)18)20-17(21)11-4-6-19-16(8-11)24-13-5-7-23-10-13/h2-4,6,8-9,13H,5,7,10H2,1H3,(H,20,21)/t13-/m0/s1. The lowest BCUT2D eigenvalue weighted by atomic mass is 10.2. The summed E-state index contributed by atoms with van der Waals surface area (Å²) >= 11 is 6.06. The first-order chi connectivity index (χ1) is 11.7. The van der Waals surface area contributed by atoms with Crippen LogP contribution in [0.2, 0.25) is 5.02 Å². The first-order valence-corrected chi connectivity index (χ1v) is 7.89. The minimum absolute atomic E-state index is 0.0174. The Morgan fingerprint density at radius 1 is 1.38 bits per heavy atom. The zero-order chi connectivity index (χ0) is 16.9. The highest BCUT2D eigenvalue weighted by Crippen LogP contribution is 2.27. The molecule has 1 aromatic heterocycles. The molecular formula is C17H17ClN2O4. The summed E-state index contributed by atoms with van der Waals surface area (Å²) in [5.41, 5.74) is 1.03. The first-order valence-electron chi connectivity index (χ1n) is 7.51. The maximum absolute atomic E-state index is 12.4. The number of hydrogen-bond donors (Lipinski definition) is 1. The number of methoxy groups -OCH3 is 1. The second-order valence-electron chi connectivity index (χ2n) is 5.29. The van der Waals surface area contributed by atoms with E-state index in [-0.39, 0.29) is 12.0 Å². The number of benzene rings is 1. The number of carbonyl (C=O) groups excluding carboxylic acids is 1. The molecule has 6 nitrogen and oxygen atoms in total. The number of rotatable bonds is 5. The van der Waals surface area contributed by atoms with Crippen molar-refractivity contribution in [1.82, 2.24) is 4.98 Å². The number of ether oxygens (including phenoxy) is 3. The lowest BCUT2D eigenvalue weighted by Gasteiger charge is -2.12. The van der Waals surface area contributed by atoms with E-state index in [1.807, 2.05) is 0 Å². The Morgan fingerprint density at radius 2 is 2.25 bits per heavy atom. The van der Waals surface area contributed by atoms with Crippen LogP contribution in [-0.2, 0) is 4.74 Å². The average Bonchev–Trinajstić information content (AvgIpc) is 3.08. The summed E-state index contributed by atoms with van der Waals surface area (Å²) in [7, 11) is 1.54. The molecule has 1 N–H and O–H groups in total. The number of amides is 1. The number of halogens is 1. The van der Waals surface area contributed by atoms with E-state index in [2.05, 4.69) is 10.3 Å². The molecule has 7 heteroatoms. The van der Waals surface area contributed by atoms with Gasteiger partial charge in [0.25, 0.3) is 5.91 Å². The van der Waals surface area contributed by atoms with Gasteiger partial charge >= 0.3 is 0 Å². The van der Waals surface area contributed by atoms with Crippen molar-refractivity contribution < 1.29 is 19.0 Å². The fraction of sp³-hybridized carbons (Fsp3) is 0.294. The Hall–Kier alpha value is -2.31. The van der Waals surface area contributed by atoms with Gasteiger partial charge in [0.1, 0.15) is 11.9 Å². The van der Waals surface area contributed by atoms with Crippen molar-refractivity contribution in [3.05, 3.63) is 47.1 Å². The van der Waals surface area contributed by atoms with Crippen LogP contribution in [0.25, 0.3) is 0 Å². The lowest BCUT2D eigenvalue weighted by Crippen LogP contribution is -2.17. The molecule has 126 valence electrons. The summed E-state index contributed by atoms with van der Waals surface area (Å²) in [6.07, 6.45) is 2.35. The molecule has 1 aliphatic rings. The van der Waals surface area contributed by atoms with E-state index in [1.54, 1.807) is 36.5 Å². The van der Waals surface area contributed by atoms with Gasteiger partial charge in [-0.2, -0.15) is 0 Å². The third-order valence-electron chi connectivity index (χ3n) is 3.58. The molecular weight excluding hydrogens is 332 g/mol. The van der Waals surface area contributed by atoms with Gasteiger partial charge in [-0.25, -0.2) is 4.98 Å². The molecule has 0 bridgehead atoms. The highest BCUT2D eigenvalue weighted by molar-refractivity contribution is 6.32. The molecule has 0 aliphatic carbocycles. The molecule has 0 radical (unpaired) electrons. The quantitative estimate of drug-likeness (QED) is 0.898. The Labute approximate surface area is 144 Å². The minimum atomic E-state index is -0.272. The SMILES string of the molecule is COc1ccc(NC(=O)c2ccnc(O[C@H]3CCOC3)c2)cc1Cl. The highest BCUT2D eigenvalue weighted by atomic mass is 35.5. The van der Waals surface area contributed by atoms with E-state index in [4.69, 9.17) is 25.8 Å². The number of aromatic nitrogens is 1. The van der Waals surface area contributed by atoms with Crippen molar-refractivity contribution >= 4 is 23.2 Å². The topological polar surface area (TPSA) is 69.7 Å². The number of hydrogen-bond acceptors (Lipinski definition) is 5. The van der Waals surface area contributed by atoms with Crippen LogP contribution in [-0.4, -0.2) is 37.3 Å². The number of nitrogens with one attached hydrogen (secondary N) is 1. The van der Waals surface area contributed by atoms with Crippen molar-refractivity contribution in [2.75, 3.05) is 25.6 Å². The van der Waals surface area contributed by atoms with Crippen molar-refractivity contribution in [3.8, 4) is 11.6 Å². The van der Waals surface area contributed by atoms with Gasteiger partial charge in [0.05, 0.1) is 25.3 Å². The predicted molar refractivity (Wildman–Crippen MR) is 90.0 cm³/mol. The maximum Gasteiger partial charge on any atom is 0.255 e. The summed E-state index contributed by atoms with van der Waals surface area (Å²) in [4.78, 5) is 16.5. The van der Waals surface area contributed by atoms with Crippen LogP contribution in [0, 0.1) is 0 Å². The van der Waals surface area contributed by atoms with Gasteiger partial charge in [0.15, 0.2) is 0 Å². The van der Waals surface area contributed by atoms with E-state index in [9.17, 15) is 4.79 Å². The number of nitrogens with zero attached hydrogens (tertiary/aromatic N) is 1. The fourth-order valence-electron chi connectivity index (χ4n) is 2.34. The first kappa shape index (κ1) is 16.5. The largest absolute Gasteiger partial charge is 0.495 e. The molecule has 0 unspecified atom stereocenters. The zero-order valence-corrected chi connectivity index (χ0v) is 13.9. The number of anilines is 1. The van der Waals surface area contributed by atoms with Crippen LogP contribution in [0.3, 0.4) is 0 Å². The maximum atomic E-state index is 12.4. The van der Waals surface area contributed by atoms with E-state index in [0.29, 0.717) is 41.1 Å². The van der Waals surface area contributed by atoms with Crippen LogP contribution in [0.4, 0.5) is 5.69 Å². The smallest absolute Gasteiger partial charge is 0.255 e. The predicted octanol–water partition coefficient (Wildman–Crippen LogP) is 3.16. The second-order valence-corrected chi connectivity index (χ2v) is 5.70. The van der Waals surface area contributed by atoms with Crippen LogP contribution >= 0.6 is 11.6 Å². The summed E-state index contributed by atoms with van der Waals surface area (Å²) < 4.78 is 16.1. The van der Waals surface area contributed by atoms with Crippen molar-refractivity contribution in [2.24, 2.45) is 0 Å². The monoisotopic (exact) mass is 348 g/mol. The summed E-state index contributed by atoms with van der Waals surface area (Å²) in [6.45, 7) is 1.23. The van der Waals surface area contributed by atoms with Crippen molar-refractivity contribution in [3.63, 3.8) is 0 Å². The molecule has 0 saturated carbocycles. The van der Waals surface area contributed by atoms with Crippen LogP contribution < -0.4 is 14.8 Å². The normalized spacial score (nSPS) is 16.7. The summed E-state index contributed by atoms with van der Waals surface area (Å²) in [5.74, 6) is 0.685. The number of pyridine rings is 1. The minimum Gasteiger partial charge on any atom is -0.495 e. The molecule has 1 aliphatic heterocycles. The van der Waals surface area contributed by atoms with Crippen LogP contribution in [0.15, 0.2) is 36.5 Å². The Kier molecular flexibility index (Phi) is 5.17. The van der Waals surface area contributed by atoms with Gasteiger partial charge in [-0.1, -0.05) is 11.6 Å². The fourth-order valence-corrected chi connectivity index (χ4v) is 2.60. The molecule has 3 rings (SSSR count). The van der Waals surface area contributed by atoms with Crippen molar-refractivity contribution in [1.29, 1.82) is 0 Å². The highest BCUT2D eigenvalue weighted by Gasteiger charge is 2.18. The van der Waals surface area contributed by atoms with Gasteiger partial charge in [-0.3, -0.25) is 4.79 Å². The molecule has 0 spiro atoms. The van der Waals surface area contributed by atoms with Gasteiger partial charge in [0, 0.05) is 29.9 Å². The third-order valence-corrected chi connectivity index (χ3v) is 3.88. The molecule has 1 atom stereocenters. The number of carbonyl (C=O) groups is 1. The Balaban J connectivity index is 1.69. The molecule has 24 heavy (non-hydrogen) atoms. The second kappa shape index (κ2) is 7.51. The van der Waals surface area contributed by atoms with Gasteiger partial charge in [0.2, 0.25) is 5.88 Å². The van der Waals surface area contributed by atoms with E-state index in [1.165, 1.54) is 7.11 Å². The summed E-state index contributed by atoms with van der Waals surface area (Å²) in [6, 6.07) is 8.28. The van der Waals surface area contributed by atoms with Crippen LogP contribution in [0.5, 0.6) is 11.6 Å². The Morgan fingerprint density at radius 3 is 2.96 bits per heavy atom. The van der Waals surface area contributed by atoms with Gasteiger partial charge < -0.3 is 19.5 Å². The van der Waals surface area contributed by atoms with E-state index < -0.39 is 0 Å². The average molecular weight is 349 g/mol. The zero-order valence-electron chi connectivity index (χ0n) is 13.1. The molecule has 1 fully saturated rings. The van der Waals surface area contributed by atoms with E-state index in [0.717, 1.165) is 6.42 Å². The third kappa shape index (κ3) is 3.96. The van der Waals surface area contributed by atoms with Gasteiger partial charge in [-0.05, 0) is 24.3 Å². The van der Waals surface area contributed by atoms with E-state index >= 15 is 0 Å². The van der Waals surface area contributed by atoms with Crippen molar-refractivity contribution in [2.45, 2.75) is 12.5 Å². The molecule has 1 amide bonds. The Bertz CT molecular complexity index is 732. The van der Waals surface area contributed by atoms with Crippen LogP contribution in [0.1, 0.15) is 16.8 Å². The molecule has 2 aromatic rings. The molecule has 1 saturated heterocycles. The molecule has 1 aromatic carbocycles. The van der Waals surface area contributed by atoms with Gasteiger partial charge in [-0.15, -0.1) is 0 Å². The lowest BCUT2D eigenvalue weighted by molar-refractivity contribution is 0.102.